The molecule has 0 aliphatic heterocycles. The predicted octanol–water partition coefficient (Wildman–Crippen LogP) is 1.42. The Kier molecular flexibility index (Phi) is 6.67. The molecule has 110 valence electrons. The third kappa shape index (κ3) is 5.04. The van der Waals surface area contributed by atoms with Crippen molar-refractivity contribution in [2.75, 3.05) is 34.9 Å². The average Bonchev–Trinajstić information content (AvgIpc) is 2.80. The molecule has 1 rings (SSSR count). The van der Waals surface area contributed by atoms with Gasteiger partial charge < -0.3 is 23.2 Å². The third-order valence-electron chi connectivity index (χ3n) is 3.15. The van der Waals surface area contributed by atoms with Gasteiger partial charge in [0.25, 0.3) is 0 Å². The topological polar surface area (TPSA) is 59.6 Å². The van der Waals surface area contributed by atoms with Crippen LogP contribution < -0.4 is 0 Å². The maximum atomic E-state index is 5.40. The molecule has 0 radical (unpaired) electrons. The Bertz CT molecular complexity index is 361. The van der Waals surface area contributed by atoms with Crippen LogP contribution in [0.5, 0.6) is 0 Å². The summed E-state index contributed by atoms with van der Waals surface area (Å²) < 4.78 is 16.2. The molecule has 0 aliphatic carbocycles. The van der Waals surface area contributed by atoms with E-state index in [1.807, 2.05) is 13.1 Å². The van der Waals surface area contributed by atoms with Crippen LogP contribution in [0.25, 0.3) is 0 Å². The molecule has 1 heterocycles. The summed E-state index contributed by atoms with van der Waals surface area (Å²) in [5.41, 5.74) is 1.13. The minimum atomic E-state index is -2.42. The summed E-state index contributed by atoms with van der Waals surface area (Å²) in [6, 6.07) is 0.822. The Labute approximate surface area is 116 Å². The van der Waals surface area contributed by atoms with Gasteiger partial charge in [0.2, 0.25) is 0 Å². The van der Waals surface area contributed by atoms with Gasteiger partial charge >= 0.3 is 8.80 Å². The zero-order valence-corrected chi connectivity index (χ0v) is 13.5. The molecule has 0 saturated heterocycles. The minimum absolute atomic E-state index is 0.822. The second-order valence-electron chi connectivity index (χ2n) is 4.63. The van der Waals surface area contributed by atoms with Crippen LogP contribution in [0.15, 0.2) is 6.20 Å². The van der Waals surface area contributed by atoms with E-state index in [9.17, 15) is 0 Å². The molecule has 0 unspecified atom stereocenters. The van der Waals surface area contributed by atoms with Gasteiger partial charge in [-0.2, -0.15) is 0 Å². The highest BCUT2D eigenvalue weighted by atomic mass is 28.4. The Morgan fingerprint density at radius 1 is 1.26 bits per heavy atom. The van der Waals surface area contributed by atoms with Crippen molar-refractivity contribution >= 4 is 8.80 Å². The Morgan fingerprint density at radius 2 is 1.89 bits per heavy atom. The molecule has 7 heteroatoms. The molecule has 0 atom stereocenters. The van der Waals surface area contributed by atoms with Crippen molar-refractivity contribution in [3.05, 3.63) is 17.7 Å². The lowest BCUT2D eigenvalue weighted by Gasteiger charge is -2.25. The summed E-state index contributed by atoms with van der Waals surface area (Å²) in [6.45, 7) is 3.78. The van der Waals surface area contributed by atoms with Gasteiger partial charge in [-0.3, -0.25) is 0 Å². The largest absolute Gasteiger partial charge is 0.500 e. The summed E-state index contributed by atoms with van der Waals surface area (Å²) >= 11 is 0. The number of hydrogen-bond donors (Lipinski definition) is 1. The maximum absolute atomic E-state index is 5.40. The molecule has 0 fully saturated rings. The first kappa shape index (κ1) is 16.3. The van der Waals surface area contributed by atoms with E-state index >= 15 is 0 Å². The highest BCUT2D eigenvalue weighted by Crippen LogP contribution is 2.15. The molecule has 0 amide bonds. The Balaban J connectivity index is 2.32. The summed E-state index contributed by atoms with van der Waals surface area (Å²) in [7, 11) is 4.62. The Morgan fingerprint density at radius 3 is 2.37 bits per heavy atom. The van der Waals surface area contributed by atoms with Crippen molar-refractivity contribution < 1.29 is 13.3 Å². The van der Waals surface area contributed by atoms with Crippen molar-refractivity contribution in [1.29, 1.82) is 0 Å². The number of aromatic nitrogens is 2. The summed E-state index contributed by atoms with van der Waals surface area (Å²) in [5, 5.41) is 0. The quantitative estimate of drug-likeness (QED) is 0.696. The first-order valence-corrected chi connectivity index (χ1v) is 8.33. The van der Waals surface area contributed by atoms with Gasteiger partial charge in [-0.05, 0) is 26.9 Å². The van der Waals surface area contributed by atoms with Gasteiger partial charge in [-0.25, -0.2) is 4.98 Å². The zero-order valence-electron chi connectivity index (χ0n) is 12.5. The standard InChI is InChI=1S/C12H25N3O3Si/c1-11-13-9-12(14-11)10-15(2)7-6-8-19(16-3,17-4)18-5/h9H,6-8,10H2,1-5H3,(H,13,14). The SMILES string of the molecule is CO[Si](CCCN(C)Cc1cnc(C)[nH]1)(OC)OC. The van der Waals surface area contributed by atoms with Crippen LogP contribution in [0.3, 0.4) is 0 Å². The predicted molar refractivity (Wildman–Crippen MR) is 75.9 cm³/mol. The molecule has 1 aromatic rings. The van der Waals surface area contributed by atoms with E-state index in [1.165, 1.54) is 0 Å². The van der Waals surface area contributed by atoms with Gasteiger partial charge in [0.1, 0.15) is 5.82 Å². The van der Waals surface area contributed by atoms with Gasteiger partial charge in [-0.1, -0.05) is 0 Å². The lowest BCUT2D eigenvalue weighted by molar-refractivity contribution is 0.121. The summed E-state index contributed by atoms with van der Waals surface area (Å²) in [6.07, 6.45) is 2.86. The molecule has 1 N–H and O–H groups in total. The second kappa shape index (κ2) is 7.76. The van der Waals surface area contributed by atoms with Gasteiger partial charge in [0.15, 0.2) is 0 Å². The van der Waals surface area contributed by atoms with E-state index in [4.69, 9.17) is 13.3 Å². The van der Waals surface area contributed by atoms with Crippen molar-refractivity contribution in [3.63, 3.8) is 0 Å². The van der Waals surface area contributed by atoms with Crippen LogP contribution in [0.1, 0.15) is 17.9 Å². The monoisotopic (exact) mass is 287 g/mol. The zero-order chi connectivity index (χ0) is 14.3. The smallest absolute Gasteiger partial charge is 0.377 e. The van der Waals surface area contributed by atoms with Crippen LogP contribution in [0, 0.1) is 6.92 Å². The van der Waals surface area contributed by atoms with Gasteiger partial charge in [0.05, 0.1) is 0 Å². The first-order chi connectivity index (χ1) is 9.05. The van der Waals surface area contributed by atoms with E-state index in [1.54, 1.807) is 21.3 Å². The van der Waals surface area contributed by atoms with E-state index in [0.717, 1.165) is 37.1 Å². The Hall–Kier alpha value is -0.733. The van der Waals surface area contributed by atoms with E-state index in [0.29, 0.717) is 0 Å². The molecule has 6 nitrogen and oxygen atoms in total. The van der Waals surface area contributed by atoms with E-state index in [2.05, 4.69) is 21.9 Å². The van der Waals surface area contributed by atoms with Crippen molar-refractivity contribution in [2.24, 2.45) is 0 Å². The highest BCUT2D eigenvalue weighted by molar-refractivity contribution is 6.60. The van der Waals surface area contributed by atoms with Crippen molar-refractivity contribution in [2.45, 2.75) is 25.9 Å². The number of H-pyrrole nitrogens is 1. The maximum Gasteiger partial charge on any atom is 0.500 e. The molecule has 0 aliphatic rings. The molecule has 19 heavy (non-hydrogen) atoms. The van der Waals surface area contributed by atoms with Crippen LogP contribution in [-0.4, -0.2) is 58.6 Å². The number of imidazole rings is 1. The van der Waals surface area contributed by atoms with Crippen LogP contribution in [0.4, 0.5) is 0 Å². The van der Waals surface area contributed by atoms with Crippen LogP contribution >= 0.6 is 0 Å². The fourth-order valence-corrected chi connectivity index (χ4v) is 3.75. The molecular formula is C12H25N3O3Si. The van der Waals surface area contributed by atoms with E-state index < -0.39 is 8.80 Å². The minimum Gasteiger partial charge on any atom is -0.377 e. The molecular weight excluding hydrogens is 262 g/mol. The molecule has 1 aromatic heterocycles. The number of hydrogen-bond acceptors (Lipinski definition) is 5. The lowest BCUT2D eigenvalue weighted by Crippen LogP contribution is -2.43. The molecule has 0 bridgehead atoms. The normalized spacial score (nSPS) is 12.3. The van der Waals surface area contributed by atoms with Gasteiger partial charge in [-0.15, -0.1) is 0 Å². The number of aryl methyl sites for hydroxylation is 1. The highest BCUT2D eigenvalue weighted by Gasteiger charge is 2.36. The second-order valence-corrected chi connectivity index (χ2v) is 7.72. The third-order valence-corrected chi connectivity index (χ3v) is 5.98. The number of nitrogens with one attached hydrogen (secondary N) is 1. The first-order valence-electron chi connectivity index (χ1n) is 6.39. The van der Waals surface area contributed by atoms with E-state index in [-0.39, 0.29) is 0 Å². The van der Waals surface area contributed by atoms with Crippen molar-refractivity contribution in [3.8, 4) is 0 Å². The fourth-order valence-electron chi connectivity index (χ4n) is 2.04. The molecule has 0 spiro atoms. The number of nitrogens with zero attached hydrogens (tertiary/aromatic N) is 2. The average molecular weight is 287 g/mol. The molecule has 0 saturated carbocycles. The van der Waals surface area contributed by atoms with Gasteiger partial charge in [0, 0.05) is 45.8 Å². The molecule has 0 aromatic carbocycles. The van der Waals surface area contributed by atoms with Crippen LogP contribution in [-0.2, 0) is 19.8 Å². The van der Waals surface area contributed by atoms with Crippen molar-refractivity contribution in [1.82, 2.24) is 14.9 Å². The fraction of sp³-hybridized carbons (Fsp3) is 0.750. The lowest BCUT2D eigenvalue weighted by atomic mass is 10.4. The van der Waals surface area contributed by atoms with Crippen LogP contribution in [0.2, 0.25) is 6.04 Å². The summed E-state index contributed by atoms with van der Waals surface area (Å²) in [4.78, 5) is 9.67. The number of aromatic amines is 1. The number of rotatable bonds is 9. The summed E-state index contributed by atoms with van der Waals surface area (Å²) in [5.74, 6) is 0.952.